The zero-order valence-corrected chi connectivity index (χ0v) is 17.0. The number of carbonyl (C=O) groups excluding carboxylic acids is 2. The monoisotopic (exact) mass is 411 g/mol. The lowest BCUT2D eigenvalue weighted by Gasteiger charge is -2.30. The molecule has 1 aromatic carbocycles. The quantitative estimate of drug-likeness (QED) is 0.798. The van der Waals surface area contributed by atoms with Gasteiger partial charge in [0.05, 0.1) is 13.2 Å². The number of halogens is 1. The van der Waals surface area contributed by atoms with Gasteiger partial charge < -0.3 is 20.3 Å². The maximum Gasteiger partial charge on any atom is 0.253 e. The van der Waals surface area contributed by atoms with Gasteiger partial charge in [-0.15, -0.1) is 0 Å². The summed E-state index contributed by atoms with van der Waals surface area (Å²) in [6.07, 6.45) is 6.83. The van der Waals surface area contributed by atoms with Crippen LogP contribution in [0.1, 0.15) is 18.4 Å². The smallest absolute Gasteiger partial charge is 0.253 e. The third-order valence-corrected chi connectivity index (χ3v) is 5.91. The van der Waals surface area contributed by atoms with Gasteiger partial charge in [-0.3, -0.25) is 9.59 Å². The summed E-state index contributed by atoms with van der Waals surface area (Å²) in [7, 11) is 0. The molecule has 30 heavy (non-hydrogen) atoms. The average Bonchev–Trinajstić information content (AvgIpc) is 2.76. The van der Waals surface area contributed by atoms with Crippen molar-refractivity contribution in [1.82, 2.24) is 5.32 Å². The van der Waals surface area contributed by atoms with Crippen LogP contribution in [0.25, 0.3) is 0 Å². The van der Waals surface area contributed by atoms with Gasteiger partial charge in [0.25, 0.3) is 5.91 Å². The minimum absolute atomic E-state index is 0.0895. The summed E-state index contributed by atoms with van der Waals surface area (Å²) >= 11 is 0. The molecule has 2 heterocycles. The first-order valence-corrected chi connectivity index (χ1v) is 10.3. The van der Waals surface area contributed by atoms with Crippen LogP contribution in [0.3, 0.4) is 0 Å². The van der Waals surface area contributed by atoms with Crippen molar-refractivity contribution in [3.05, 3.63) is 59.6 Å². The molecule has 2 unspecified atom stereocenters. The highest BCUT2D eigenvalue weighted by Crippen LogP contribution is 2.34. The molecule has 2 amide bonds. The number of hydrogen-bond donors (Lipinski definition) is 2. The molecule has 0 saturated carbocycles. The molecule has 2 atom stereocenters. The van der Waals surface area contributed by atoms with Gasteiger partial charge in [0, 0.05) is 48.6 Å². The second-order valence-electron chi connectivity index (χ2n) is 7.88. The minimum atomic E-state index is -0.290. The maximum absolute atomic E-state index is 13.4. The van der Waals surface area contributed by atoms with Crippen molar-refractivity contribution < 1.29 is 18.7 Å². The van der Waals surface area contributed by atoms with E-state index in [9.17, 15) is 14.0 Å². The van der Waals surface area contributed by atoms with Gasteiger partial charge in [0.2, 0.25) is 5.91 Å². The molecule has 2 N–H and O–H groups in total. The first-order chi connectivity index (χ1) is 14.5. The molecule has 4 rings (SSSR count). The highest BCUT2D eigenvalue weighted by Gasteiger charge is 2.33. The van der Waals surface area contributed by atoms with E-state index in [-0.39, 0.29) is 35.9 Å². The SMILES string of the molecule is Cc1ccc(N2CCOCC2)cc1NC(=O)C1=CNC(=O)CC1C1C=CC(F)=CC1. The Hall–Kier alpha value is -2.93. The van der Waals surface area contributed by atoms with Gasteiger partial charge in [0.1, 0.15) is 5.83 Å². The lowest BCUT2D eigenvalue weighted by atomic mass is 9.78. The fourth-order valence-electron chi connectivity index (χ4n) is 4.12. The number of amides is 2. The summed E-state index contributed by atoms with van der Waals surface area (Å²) in [4.78, 5) is 27.3. The van der Waals surface area contributed by atoms with Crippen LogP contribution in [0.4, 0.5) is 15.8 Å². The Bertz CT molecular complexity index is 932. The predicted molar refractivity (Wildman–Crippen MR) is 114 cm³/mol. The molecule has 2 aliphatic heterocycles. The third kappa shape index (κ3) is 4.46. The molecule has 158 valence electrons. The molecular formula is C23H26FN3O3. The molecule has 0 spiro atoms. The molecule has 1 aromatic rings. The predicted octanol–water partition coefficient (Wildman–Crippen LogP) is 3.22. The number of hydrogen-bond acceptors (Lipinski definition) is 4. The Balaban J connectivity index is 1.53. The largest absolute Gasteiger partial charge is 0.378 e. The van der Waals surface area contributed by atoms with Gasteiger partial charge in [-0.25, -0.2) is 4.39 Å². The van der Waals surface area contributed by atoms with Crippen LogP contribution in [0.5, 0.6) is 0 Å². The Morgan fingerprint density at radius 2 is 2.10 bits per heavy atom. The lowest BCUT2D eigenvalue weighted by Crippen LogP contribution is -2.37. The molecule has 3 aliphatic rings. The van der Waals surface area contributed by atoms with E-state index in [1.807, 2.05) is 25.1 Å². The van der Waals surface area contributed by atoms with Crippen LogP contribution < -0.4 is 15.5 Å². The Labute approximate surface area is 175 Å². The van der Waals surface area contributed by atoms with Crippen LogP contribution in [0.15, 0.2) is 54.0 Å². The first-order valence-electron chi connectivity index (χ1n) is 10.3. The number of carbonyl (C=O) groups is 2. The van der Waals surface area contributed by atoms with Crippen LogP contribution in [0, 0.1) is 18.8 Å². The van der Waals surface area contributed by atoms with Gasteiger partial charge in [0.15, 0.2) is 0 Å². The number of allylic oxidation sites excluding steroid dienone is 4. The molecule has 1 saturated heterocycles. The summed E-state index contributed by atoms with van der Waals surface area (Å²) in [6, 6.07) is 6.02. The van der Waals surface area contributed by atoms with Crippen molar-refractivity contribution in [2.45, 2.75) is 19.8 Å². The summed E-state index contributed by atoms with van der Waals surface area (Å²) < 4.78 is 18.8. The zero-order valence-electron chi connectivity index (χ0n) is 17.0. The van der Waals surface area contributed by atoms with E-state index in [0.717, 1.165) is 30.0 Å². The summed E-state index contributed by atoms with van der Waals surface area (Å²) in [5, 5.41) is 5.68. The highest BCUT2D eigenvalue weighted by molar-refractivity contribution is 6.06. The fraction of sp³-hybridized carbons (Fsp3) is 0.391. The first kappa shape index (κ1) is 20.3. The number of rotatable bonds is 4. The minimum Gasteiger partial charge on any atom is -0.378 e. The standard InChI is InChI=1S/C23H26FN3O3/c1-15-2-7-18(27-8-10-30-11-9-27)12-21(15)26-23(29)20-14-25-22(28)13-19(20)16-3-5-17(24)6-4-16/h2-3,5-7,12,14,16,19H,4,8-11,13H2,1H3,(H,25,28)(H,26,29). The van der Waals surface area contributed by atoms with Crippen LogP contribution >= 0.6 is 0 Å². The Morgan fingerprint density at radius 1 is 1.30 bits per heavy atom. The van der Waals surface area contributed by atoms with Crippen LogP contribution in [-0.4, -0.2) is 38.1 Å². The van der Waals surface area contributed by atoms with Crippen LogP contribution in [-0.2, 0) is 14.3 Å². The highest BCUT2D eigenvalue weighted by atomic mass is 19.1. The lowest BCUT2D eigenvalue weighted by molar-refractivity contribution is -0.122. The van der Waals surface area contributed by atoms with Gasteiger partial charge in [-0.1, -0.05) is 12.1 Å². The van der Waals surface area contributed by atoms with E-state index in [1.54, 1.807) is 6.08 Å². The molecule has 0 bridgehead atoms. The van der Waals surface area contributed by atoms with Crippen molar-refractivity contribution in [2.24, 2.45) is 11.8 Å². The van der Waals surface area contributed by atoms with Gasteiger partial charge >= 0.3 is 0 Å². The van der Waals surface area contributed by atoms with Gasteiger partial charge in [-0.2, -0.15) is 0 Å². The molecule has 7 heteroatoms. The average molecular weight is 411 g/mol. The number of ether oxygens (including phenoxy) is 1. The number of nitrogens with one attached hydrogen (secondary N) is 2. The number of morpholine rings is 1. The Morgan fingerprint density at radius 3 is 2.83 bits per heavy atom. The third-order valence-electron chi connectivity index (χ3n) is 5.91. The molecule has 6 nitrogen and oxygen atoms in total. The van der Waals surface area contributed by atoms with Crippen molar-refractivity contribution >= 4 is 23.2 Å². The molecular weight excluding hydrogens is 385 g/mol. The number of benzene rings is 1. The topological polar surface area (TPSA) is 70.7 Å². The van der Waals surface area contributed by atoms with E-state index in [0.29, 0.717) is 25.2 Å². The molecule has 0 aromatic heterocycles. The van der Waals surface area contributed by atoms with Crippen molar-refractivity contribution in [3.8, 4) is 0 Å². The van der Waals surface area contributed by atoms with E-state index >= 15 is 0 Å². The normalized spacial score (nSPS) is 24.1. The van der Waals surface area contributed by atoms with E-state index in [1.165, 1.54) is 18.4 Å². The molecule has 0 radical (unpaired) electrons. The zero-order chi connectivity index (χ0) is 21.1. The second kappa shape index (κ2) is 8.83. The van der Waals surface area contributed by atoms with E-state index in [2.05, 4.69) is 15.5 Å². The molecule has 1 aliphatic carbocycles. The summed E-state index contributed by atoms with van der Waals surface area (Å²) in [5.41, 5.74) is 3.25. The molecule has 1 fully saturated rings. The fourth-order valence-corrected chi connectivity index (χ4v) is 4.12. The van der Waals surface area contributed by atoms with Crippen molar-refractivity contribution in [3.63, 3.8) is 0 Å². The van der Waals surface area contributed by atoms with E-state index in [4.69, 9.17) is 4.74 Å². The number of anilines is 2. The number of nitrogens with zero attached hydrogens (tertiary/aromatic N) is 1. The Kier molecular flexibility index (Phi) is 5.99. The summed E-state index contributed by atoms with van der Waals surface area (Å²) in [5.74, 6) is -1.04. The number of aryl methyl sites for hydroxylation is 1. The summed E-state index contributed by atoms with van der Waals surface area (Å²) in [6.45, 7) is 4.95. The van der Waals surface area contributed by atoms with Gasteiger partial charge in [-0.05, 0) is 49.1 Å². The van der Waals surface area contributed by atoms with Crippen molar-refractivity contribution in [1.29, 1.82) is 0 Å². The second-order valence-corrected chi connectivity index (χ2v) is 7.88. The van der Waals surface area contributed by atoms with E-state index < -0.39 is 0 Å². The van der Waals surface area contributed by atoms with Crippen molar-refractivity contribution in [2.75, 3.05) is 36.5 Å². The van der Waals surface area contributed by atoms with Crippen LogP contribution in [0.2, 0.25) is 0 Å². The maximum atomic E-state index is 13.4.